The molecule has 5 heteroatoms. The Bertz CT molecular complexity index is 735. The van der Waals surface area contributed by atoms with Crippen LogP contribution < -0.4 is 15.2 Å². The van der Waals surface area contributed by atoms with Gasteiger partial charge in [0.1, 0.15) is 0 Å². The van der Waals surface area contributed by atoms with Crippen LogP contribution in [0.2, 0.25) is 0 Å². The molecule has 19 heavy (non-hydrogen) atoms. The molecule has 2 aromatic rings. The van der Waals surface area contributed by atoms with Gasteiger partial charge in [0.15, 0.2) is 0 Å². The van der Waals surface area contributed by atoms with E-state index in [1.165, 1.54) is 16.9 Å². The van der Waals surface area contributed by atoms with E-state index in [4.69, 9.17) is 0 Å². The van der Waals surface area contributed by atoms with Crippen LogP contribution in [0.5, 0.6) is 0 Å². The summed E-state index contributed by atoms with van der Waals surface area (Å²) in [5, 5.41) is 4.35. The Kier molecular flexibility index (Phi) is 3.26. The number of rotatable bonds is 2. The quantitative estimate of drug-likeness (QED) is 0.802. The first-order valence-electron chi connectivity index (χ1n) is 6.36. The summed E-state index contributed by atoms with van der Waals surface area (Å²) in [5.41, 5.74) is 3.37. The minimum atomic E-state index is 0.167. The number of nitrogens with one attached hydrogen (secondary N) is 1. The molecule has 0 aliphatic heterocycles. The molecule has 0 bridgehead atoms. The molecule has 0 saturated heterocycles. The molecule has 1 saturated carbocycles. The number of hydrogen-bond donors (Lipinski definition) is 1. The van der Waals surface area contributed by atoms with Gasteiger partial charge in [0, 0.05) is 0 Å². The molecule has 3 rings (SSSR count). The molecule has 1 fully saturated rings. The topological polar surface area (TPSA) is 34.0 Å². The average Bonchev–Trinajstić information content (AvgIpc) is 3.21. The van der Waals surface area contributed by atoms with Crippen molar-refractivity contribution in [3.05, 3.63) is 32.5 Å². The van der Waals surface area contributed by atoms with Crippen LogP contribution >= 0.6 is 15.9 Å². The summed E-state index contributed by atoms with van der Waals surface area (Å²) < 4.78 is 3.94. The van der Waals surface area contributed by atoms with Gasteiger partial charge in [-0.2, -0.15) is 0 Å². The Labute approximate surface area is 129 Å². The fraction of sp³-hybridized carbons (Fsp3) is 0.357. The first kappa shape index (κ1) is 13.3. The monoisotopic (exact) mass is 382 g/mol. The van der Waals surface area contributed by atoms with Crippen molar-refractivity contribution in [3.8, 4) is 0 Å². The summed E-state index contributed by atoms with van der Waals surface area (Å²) in [4.78, 5) is 12.6. The number of hydrogen-bond acceptors (Lipinski definition) is 2. The minimum absolute atomic E-state index is 0.167. The molecule has 1 aromatic heterocycles. The van der Waals surface area contributed by atoms with Gasteiger partial charge in [0.05, 0.1) is 0 Å². The first-order valence-corrected chi connectivity index (χ1v) is 8.37. The van der Waals surface area contributed by atoms with E-state index in [9.17, 15) is 4.79 Å². The predicted molar refractivity (Wildman–Crippen MR) is 86.6 cm³/mol. The number of anilines is 1. The predicted octanol–water partition coefficient (Wildman–Crippen LogP) is 1.71. The maximum atomic E-state index is 12.6. The van der Waals surface area contributed by atoms with Crippen LogP contribution in [0.3, 0.4) is 0 Å². The summed E-state index contributed by atoms with van der Waals surface area (Å²) in [6, 6.07) is 4.55. The second-order valence-corrected chi connectivity index (χ2v) is 7.08. The van der Waals surface area contributed by atoms with Gasteiger partial charge >= 0.3 is 129 Å². The standard InChI is InChI=1S/C14H16AsBrN2O/c1-7-10(16)6-5-9-12(17-2)11(15)14(19)18(13(7)9)8-3-4-8/h5-6,8,17H,3-4,15H2,1-2H3. The third-order valence-electron chi connectivity index (χ3n) is 3.76. The number of aromatic nitrogens is 1. The zero-order chi connectivity index (χ0) is 13.7. The molecule has 1 aromatic carbocycles. The molecular weight excluding hydrogens is 367 g/mol. The third kappa shape index (κ3) is 1.96. The van der Waals surface area contributed by atoms with E-state index in [0.29, 0.717) is 6.04 Å². The zero-order valence-electron chi connectivity index (χ0n) is 11.0. The van der Waals surface area contributed by atoms with E-state index in [2.05, 4.69) is 40.3 Å². The van der Waals surface area contributed by atoms with Crippen molar-refractivity contribution in [2.45, 2.75) is 25.8 Å². The Morgan fingerprint density at radius 2 is 2.11 bits per heavy atom. The second-order valence-electron chi connectivity index (χ2n) is 5.01. The van der Waals surface area contributed by atoms with Crippen LogP contribution in [0.15, 0.2) is 21.4 Å². The van der Waals surface area contributed by atoms with Crippen LogP contribution in [0, 0.1) is 6.92 Å². The molecule has 1 aliphatic rings. The van der Waals surface area contributed by atoms with Crippen LogP contribution in [0.1, 0.15) is 24.4 Å². The molecule has 0 amide bonds. The van der Waals surface area contributed by atoms with Gasteiger partial charge in [0.2, 0.25) is 0 Å². The number of benzene rings is 1. The van der Waals surface area contributed by atoms with E-state index < -0.39 is 0 Å². The summed E-state index contributed by atoms with van der Waals surface area (Å²) in [7, 11) is 1.89. The van der Waals surface area contributed by atoms with Crippen LogP contribution in [-0.2, 0) is 0 Å². The van der Waals surface area contributed by atoms with Gasteiger partial charge in [-0.15, -0.1) is 0 Å². The number of halogens is 1. The molecule has 0 radical (unpaired) electrons. The molecule has 1 N–H and O–H groups in total. The van der Waals surface area contributed by atoms with Gasteiger partial charge < -0.3 is 0 Å². The summed E-state index contributed by atoms with van der Waals surface area (Å²) in [5.74, 6) is 0. The van der Waals surface area contributed by atoms with Gasteiger partial charge in [0.25, 0.3) is 0 Å². The van der Waals surface area contributed by atoms with Crippen molar-refractivity contribution in [2.75, 3.05) is 12.4 Å². The Balaban J connectivity index is 2.55. The van der Waals surface area contributed by atoms with Crippen molar-refractivity contribution in [1.82, 2.24) is 4.57 Å². The Morgan fingerprint density at radius 3 is 2.68 bits per heavy atom. The van der Waals surface area contributed by atoms with Gasteiger partial charge in [-0.05, 0) is 0 Å². The fourth-order valence-corrected chi connectivity index (χ4v) is 3.86. The number of fused-ring (bicyclic) bond motifs is 1. The van der Waals surface area contributed by atoms with Crippen molar-refractivity contribution in [1.29, 1.82) is 0 Å². The molecule has 0 spiro atoms. The molecule has 1 heterocycles. The zero-order valence-corrected chi connectivity index (χ0v) is 15.0. The maximum absolute atomic E-state index is 12.6. The van der Waals surface area contributed by atoms with Crippen molar-refractivity contribution >= 4 is 53.7 Å². The van der Waals surface area contributed by atoms with E-state index >= 15 is 0 Å². The molecule has 3 nitrogen and oxygen atoms in total. The van der Waals surface area contributed by atoms with Crippen molar-refractivity contribution < 1.29 is 0 Å². The average molecular weight is 383 g/mol. The van der Waals surface area contributed by atoms with E-state index in [1.807, 2.05) is 11.6 Å². The van der Waals surface area contributed by atoms with Crippen molar-refractivity contribution in [3.63, 3.8) is 0 Å². The first-order chi connectivity index (χ1) is 9.06. The van der Waals surface area contributed by atoms with Gasteiger partial charge in [-0.3, -0.25) is 0 Å². The van der Waals surface area contributed by atoms with E-state index in [1.54, 1.807) is 0 Å². The fourth-order valence-electron chi connectivity index (χ4n) is 2.62. The number of aryl methyl sites for hydroxylation is 1. The summed E-state index contributed by atoms with van der Waals surface area (Å²) in [6.45, 7) is 2.07. The Morgan fingerprint density at radius 1 is 1.42 bits per heavy atom. The van der Waals surface area contributed by atoms with Gasteiger partial charge in [-0.25, -0.2) is 0 Å². The van der Waals surface area contributed by atoms with Crippen molar-refractivity contribution in [2.24, 2.45) is 0 Å². The van der Waals surface area contributed by atoms with Crippen LogP contribution in [-0.4, -0.2) is 28.5 Å². The van der Waals surface area contributed by atoms with E-state index in [0.717, 1.165) is 43.8 Å². The van der Waals surface area contributed by atoms with Crippen LogP contribution in [0.4, 0.5) is 5.69 Å². The van der Waals surface area contributed by atoms with Gasteiger partial charge in [-0.1, -0.05) is 0 Å². The molecule has 1 aliphatic carbocycles. The molecular formula is C14H16AsBrN2O. The Hall–Kier alpha value is -0.732. The molecule has 100 valence electrons. The van der Waals surface area contributed by atoms with E-state index in [-0.39, 0.29) is 5.56 Å². The number of pyridine rings is 1. The molecule has 1 atom stereocenters. The second kappa shape index (κ2) is 4.67. The summed E-state index contributed by atoms with van der Waals surface area (Å²) >= 11 is 4.97. The van der Waals surface area contributed by atoms with Crippen LogP contribution in [0.25, 0.3) is 10.9 Å². The number of nitrogens with zero attached hydrogens (tertiary/aromatic N) is 1. The molecule has 1 unspecified atom stereocenters. The third-order valence-corrected chi connectivity index (χ3v) is 5.74. The normalized spacial score (nSPS) is 14.9. The SMILES string of the molecule is CNc1c([AsH2])c(=O)n(C2CC2)c2c(C)c(Br)ccc12. The summed E-state index contributed by atoms with van der Waals surface area (Å²) in [6.07, 6.45) is 2.23.